The van der Waals surface area contributed by atoms with Gasteiger partial charge in [-0.05, 0) is 38.0 Å². The molecule has 17 heavy (non-hydrogen) atoms. The van der Waals surface area contributed by atoms with Crippen LogP contribution in [0.4, 0.5) is 0 Å². The van der Waals surface area contributed by atoms with Crippen molar-refractivity contribution in [2.75, 3.05) is 0 Å². The lowest BCUT2D eigenvalue weighted by Gasteiger charge is -2.08. The van der Waals surface area contributed by atoms with Gasteiger partial charge in [-0.3, -0.25) is 0 Å². The number of rotatable bonds is 2. The molecule has 0 radical (unpaired) electrons. The second-order valence-electron chi connectivity index (χ2n) is 4.16. The molecule has 0 fully saturated rings. The molecule has 1 atom stereocenters. The first-order valence-electron chi connectivity index (χ1n) is 5.38. The zero-order valence-corrected chi connectivity index (χ0v) is 10.4. The van der Waals surface area contributed by atoms with Gasteiger partial charge in [-0.25, -0.2) is 4.79 Å². The van der Waals surface area contributed by atoms with Crippen LogP contribution in [0.1, 0.15) is 18.1 Å². The number of hydrogen-bond acceptors (Lipinski definition) is 3. The van der Waals surface area contributed by atoms with Gasteiger partial charge in [0.15, 0.2) is 0 Å². The van der Waals surface area contributed by atoms with Gasteiger partial charge in [0, 0.05) is 22.4 Å². The summed E-state index contributed by atoms with van der Waals surface area (Å²) in [6.07, 6.45) is 0.479. The fourth-order valence-corrected chi connectivity index (χ4v) is 2.05. The van der Waals surface area contributed by atoms with Crippen LogP contribution in [0.3, 0.4) is 0 Å². The smallest absolute Gasteiger partial charge is 0.339 e. The zero-order valence-electron chi connectivity index (χ0n) is 9.66. The van der Waals surface area contributed by atoms with Crippen molar-refractivity contribution in [2.24, 2.45) is 0 Å². The van der Waals surface area contributed by atoms with Gasteiger partial charge in [0.2, 0.25) is 0 Å². The molecule has 0 unspecified atom stereocenters. The van der Waals surface area contributed by atoms with Crippen molar-refractivity contribution in [3.63, 3.8) is 0 Å². The maximum atomic E-state index is 11.8. The third kappa shape index (κ3) is 2.29. The van der Waals surface area contributed by atoms with Crippen LogP contribution >= 0.6 is 11.6 Å². The van der Waals surface area contributed by atoms with E-state index in [0.29, 0.717) is 17.6 Å². The lowest BCUT2D eigenvalue weighted by molar-refractivity contribution is 0.472. The highest BCUT2D eigenvalue weighted by Gasteiger charge is 2.13. The van der Waals surface area contributed by atoms with E-state index in [0.717, 1.165) is 10.9 Å². The highest BCUT2D eigenvalue weighted by molar-refractivity contribution is 6.20. The molecule has 0 saturated carbocycles. The molecule has 0 bridgehead atoms. The molecular weight excluding hydrogens is 240 g/mol. The van der Waals surface area contributed by atoms with Gasteiger partial charge >= 0.3 is 5.63 Å². The number of fused-ring (bicyclic) bond motifs is 1. The van der Waals surface area contributed by atoms with Crippen molar-refractivity contribution in [3.8, 4) is 5.75 Å². The Hall–Kier alpha value is -1.48. The molecule has 2 aromatic rings. The number of benzene rings is 1. The largest absolute Gasteiger partial charge is 0.508 e. The van der Waals surface area contributed by atoms with Gasteiger partial charge in [0.1, 0.15) is 11.3 Å². The number of alkyl halides is 1. The molecule has 0 aliphatic rings. The monoisotopic (exact) mass is 252 g/mol. The van der Waals surface area contributed by atoms with Gasteiger partial charge in [-0.1, -0.05) is 0 Å². The van der Waals surface area contributed by atoms with E-state index < -0.39 is 0 Å². The quantitative estimate of drug-likeness (QED) is 0.660. The maximum Gasteiger partial charge on any atom is 0.339 e. The molecule has 1 aromatic carbocycles. The van der Waals surface area contributed by atoms with Gasteiger partial charge < -0.3 is 9.52 Å². The van der Waals surface area contributed by atoms with E-state index in [1.165, 1.54) is 6.07 Å². The normalized spacial score (nSPS) is 12.9. The third-order valence-electron chi connectivity index (χ3n) is 2.76. The van der Waals surface area contributed by atoms with Crippen LogP contribution in [0.15, 0.2) is 27.4 Å². The predicted molar refractivity (Wildman–Crippen MR) is 67.9 cm³/mol. The van der Waals surface area contributed by atoms with Gasteiger partial charge in [-0.2, -0.15) is 0 Å². The highest BCUT2D eigenvalue weighted by atomic mass is 35.5. The van der Waals surface area contributed by atoms with Gasteiger partial charge in [-0.15, -0.1) is 11.6 Å². The van der Waals surface area contributed by atoms with E-state index >= 15 is 0 Å². The summed E-state index contributed by atoms with van der Waals surface area (Å²) < 4.78 is 5.18. The minimum atomic E-state index is -0.381. The summed E-state index contributed by atoms with van der Waals surface area (Å²) in [6.45, 7) is 3.70. The van der Waals surface area contributed by atoms with Crippen LogP contribution in [0.25, 0.3) is 11.0 Å². The number of hydrogen-bond donors (Lipinski definition) is 1. The molecule has 0 amide bonds. The minimum Gasteiger partial charge on any atom is -0.508 e. The summed E-state index contributed by atoms with van der Waals surface area (Å²) >= 11 is 5.91. The molecule has 4 heteroatoms. The topological polar surface area (TPSA) is 50.4 Å². The van der Waals surface area contributed by atoms with Crippen LogP contribution in [0.2, 0.25) is 0 Å². The molecule has 0 aliphatic carbocycles. The van der Waals surface area contributed by atoms with Crippen LogP contribution in [0.5, 0.6) is 5.75 Å². The van der Waals surface area contributed by atoms with E-state index in [4.69, 9.17) is 16.0 Å². The Morgan fingerprint density at radius 3 is 2.82 bits per heavy atom. The summed E-state index contributed by atoms with van der Waals surface area (Å²) in [5.74, 6) is 0.0820. The lowest BCUT2D eigenvalue weighted by Crippen LogP contribution is -2.13. The molecule has 3 nitrogen and oxygen atoms in total. The standard InChI is InChI=1S/C13H13ClO3/c1-7(14)5-11-8(2)10-4-3-9(15)6-12(10)17-13(11)16/h3-4,6-7,15H,5H2,1-2H3/t7-/m0/s1. The molecule has 90 valence electrons. The number of phenols is 1. The van der Waals surface area contributed by atoms with E-state index in [1.54, 1.807) is 12.1 Å². The Kier molecular flexibility index (Phi) is 3.11. The number of aryl methyl sites for hydroxylation is 1. The summed E-state index contributed by atoms with van der Waals surface area (Å²) in [6, 6.07) is 4.76. The van der Waals surface area contributed by atoms with Gasteiger partial charge in [0.25, 0.3) is 0 Å². The van der Waals surface area contributed by atoms with Crippen molar-refractivity contribution < 1.29 is 9.52 Å². The molecule has 1 N–H and O–H groups in total. The minimum absolute atomic E-state index is 0.0820. The molecular formula is C13H13ClO3. The van der Waals surface area contributed by atoms with Crippen molar-refractivity contribution in [1.82, 2.24) is 0 Å². The van der Waals surface area contributed by atoms with Crippen molar-refractivity contribution in [3.05, 3.63) is 39.7 Å². The van der Waals surface area contributed by atoms with Crippen molar-refractivity contribution in [2.45, 2.75) is 25.6 Å². The van der Waals surface area contributed by atoms with E-state index in [2.05, 4.69) is 0 Å². The average molecular weight is 253 g/mol. The van der Waals surface area contributed by atoms with Crippen LogP contribution in [-0.4, -0.2) is 10.5 Å². The second-order valence-corrected chi connectivity index (χ2v) is 4.90. The molecule has 0 spiro atoms. The van der Waals surface area contributed by atoms with Crippen LogP contribution in [-0.2, 0) is 6.42 Å². The van der Waals surface area contributed by atoms with Gasteiger partial charge in [0.05, 0.1) is 0 Å². The average Bonchev–Trinajstić information content (AvgIpc) is 2.23. The van der Waals surface area contributed by atoms with Crippen molar-refractivity contribution >= 4 is 22.6 Å². The van der Waals surface area contributed by atoms with E-state index in [1.807, 2.05) is 13.8 Å². The number of aromatic hydroxyl groups is 1. The van der Waals surface area contributed by atoms with E-state index in [9.17, 15) is 9.90 Å². The summed E-state index contributed by atoms with van der Waals surface area (Å²) in [7, 11) is 0. The maximum absolute atomic E-state index is 11.8. The molecule has 2 rings (SSSR count). The Morgan fingerprint density at radius 1 is 1.47 bits per heavy atom. The zero-order chi connectivity index (χ0) is 12.6. The number of halogens is 1. The molecule has 0 saturated heterocycles. The van der Waals surface area contributed by atoms with E-state index in [-0.39, 0.29) is 16.8 Å². The third-order valence-corrected chi connectivity index (χ3v) is 2.91. The Bertz CT molecular complexity index is 614. The molecule has 1 heterocycles. The van der Waals surface area contributed by atoms with Crippen LogP contribution < -0.4 is 5.63 Å². The fraction of sp³-hybridized carbons (Fsp3) is 0.308. The predicted octanol–water partition coefficient (Wildman–Crippen LogP) is 2.98. The Labute approximate surface area is 104 Å². The SMILES string of the molecule is Cc1c(C[C@H](C)Cl)c(=O)oc2cc(O)ccc12. The second kappa shape index (κ2) is 4.41. The molecule has 0 aliphatic heterocycles. The first-order chi connectivity index (χ1) is 7.99. The van der Waals surface area contributed by atoms with Crippen LogP contribution in [0, 0.1) is 6.92 Å². The fourth-order valence-electron chi connectivity index (χ4n) is 1.90. The lowest BCUT2D eigenvalue weighted by atomic mass is 10.0. The highest BCUT2D eigenvalue weighted by Crippen LogP contribution is 2.24. The Balaban J connectivity index is 2.72. The molecule has 1 aromatic heterocycles. The summed E-state index contributed by atoms with van der Waals surface area (Å²) in [4.78, 5) is 11.8. The first-order valence-corrected chi connectivity index (χ1v) is 5.82. The Morgan fingerprint density at radius 2 is 2.18 bits per heavy atom. The first kappa shape index (κ1) is 12.0. The number of phenolic OH excluding ortho intramolecular Hbond substituents is 1. The summed E-state index contributed by atoms with van der Waals surface area (Å²) in [5.41, 5.74) is 1.49. The summed E-state index contributed by atoms with van der Waals surface area (Å²) in [5, 5.41) is 10.1. The van der Waals surface area contributed by atoms with Crippen molar-refractivity contribution in [1.29, 1.82) is 0 Å².